The van der Waals surface area contributed by atoms with Crippen molar-refractivity contribution in [2.75, 3.05) is 19.7 Å². The Bertz CT molecular complexity index is 345. The highest BCUT2D eigenvalue weighted by Crippen LogP contribution is 2.15. The summed E-state index contributed by atoms with van der Waals surface area (Å²) < 4.78 is 39.2. The molecule has 0 bridgehead atoms. The second-order valence-corrected chi connectivity index (χ2v) is 2.98. The van der Waals surface area contributed by atoms with E-state index >= 15 is 0 Å². The highest BCUT2D eigenvalue weighted by Gasteiger charge is 2.33. The first-order valence-corrected chi connectivity index (χ1v) is 4.35. The predicted octanol–water partition coefficient (Wildman–Crippen LogP) is 0.233. The van der Waals surface area contributed by atoms with E-state index in [0.717, 1.165) is 0 Å². The first-order chi connectivity index (χ1) is 7.44. The van der Waals surface area contributed by atoms with E-state index < -0.39 is 24.7 Å². The molecule has 1 heterocycles. The fourth-order valence-electron chi connectivity index (χ4n) is 1.07. The molecule has 0 aromatic carbocycles. The molecule has 1 aliphatic rings. The van der Waals surface area contributed by atoms with Gasteiger partial charge in [-0.05, 0) is 0 Å². The van der Waals surface area contributed by atoms with Gasteiger partial charge in [0.1, 0.15) is 5.84 Å². The van der Waals surface area contributed by atoms with Crippen molar-refractivity contribution in [1.82, 2.24) is 5.32 Å². The molecule has 1 N–H and O–H groups in total. The summed E-state index contributed by atoms with van der Waals surface area (Å²) in [6.45, 7) is -0.850. The number of halogens is 3. The second-order valence-electron chi connectivity index (χ2n) is 2.98. The van der Waals surface area contributed by atoms with Crippen molar-refractivity contribution in [2.24, 2.45) is 10.9 Å². The number of rotatable bonds is 3. The summed E-state index contributed by atoms with van der Waals surface area (Å²) in [6, 6.07) is 1.54. The average Bonchev–Trinajstić information content (AvgIpc) is 2.68. The van der Waals surface area contributed by atoms with Gasteiger partial charge >= 0.3 is 12.1 Å². The number of amidine groups is 1. The van der Waals surface area contributed by atoms with Gasteiger partial charge in [-0.2, -0.15) is 18.4 Å². The number of nitriles is 1. The standard InChI is InChI=1S/C8H8F3N3O2/c9-8(10,11)4-16-7(15)5(3-12)6-13-1-2-14-6/h5H,1-2,4H2,(H,13,14). The zero-order valence-corrected chi connectivity index (χ0v) is 8.04. The van der Waals surface area contributed by atoms with Gasteiger partial charge in [-0.25, -0.2) is 0 Å². The number of aliphatic imine (C=N–C) groups is 1. The van der Waals surface area contributed by atoms with Crippen LogP contribution in [0, 0.1) is 17.2 Å². The molecular weight excluding hydrogens is 227 g/mol. The highest BCUT2D eigenvalue weighted by atomic mass is 19.4. The summed E-state index contributed by atoms with van der Waals surface area (Å²) in [7, 11) is 0. The number of alkyl halides is 3. The lowest BCUT2D eigenvalue weighted by atomic mass is 10.1. The molecule has 0 aromatic heterocycles. The van der Waals surface area contributed by atoms with Gasteiger partial charge in [0, 0.05) is 6.54 Å². The first-order valence-electron chi connectivity index (χ1n) is 4.35. The molecule has 0 aliphatic carbocycles. The molecule has 1 unspecified atom stereocenters. The van der Waals surface area contributed by atoms with E-state index in [0.29, 0.717) is 13.1 Å². The van der Waals surface area contributed by atoms with Gasteiger partial charge in [-0.3, -0.25) is 9.79 Å². The first kappa shape index (κ1) is 12.3. The van der Waals surface area contributed by atoms with Crippen LogP contribution in [-0.2, 0) is 9.53 Å². The van der Waals surface area contributed by atoms with Gasteiger partial charge in [0.2, 0.25) is 5.92 Å². The molecule has 8 heteroatoms. The number of hydrogen-bond acceptors (Lipinski definition) is 5. The Hall–Kier alpha value is -1.78. The summed E-state index contributed by atoms with van der Waals surface area (Å²) >= 11 is 0. The van der Waals surface area contributed by atoms with Crippen LogP contribution in [0.5, 0.6) is 0 Å². The molecule has 0 spiro atoms. The van der Waals surface area contributed by atoms with E-state index in [-0.39, 0.29) is 5.84 Å². The lowest BCUT2D eigenvalue weighted by Gasteiger charge is -2.11. The maximum absolute atomic E-state index is 11.8. The Labute approximate surface area is 88.9 Å². The third kappa shape index (κ3) is 3.42. The van der Waals surface area contributed by atoms with Crippen molar-refractivity contribution in [3.05, 3.63) is 0 Å². The van der Waals surface area contributed by atoms with Gasteiger partial charge in [0.15, 0.2) is 6.61 Å². The molecule has 16 heavy (non-hydrogen) atoms. The van der Waals surface area contributed by atoms with E-state index in [1.807, 2.05) is 0 Å². The maximum atomic E-state index is 11.8. The van der Waals surface area contributed by atoms with E-state index in [1.54, 1.807) is 6.07 Å². The summed E-state index contributed by atoms with van der Waals surface area (Å²) in [5, 5.41) is 11.3. The molecule has 88 valence electrons. The normalized spacial score (nSPS) is 17.0. The van der Waals surface area contributed by atoms with Crippen LogP contribution >= 0.6 is 0 Å². The number of esters is 1. The van der Waals surface area contributed by atoms with Crippen LogP contribution in [0.25, 0.3) is 0 Å². The Balaban J connectivity index is 2.54. The summed E-state index contributed by atoms with van der Waals surface area (Å²) in [5.41, 5.74) is 0. The Morgan fingerprint density at radius 2 is 2.38 bits per heavy atom. The molecule has 0 saturated carbocycles. The number of ether oxygens (including phenoxy) is 1. The highest BCUT2D eigenvalue weighted by molar-refractivity contribution is 6.04. The molecule has 0 saturated heterocycles. The molecule has 0 fully saturated rings. The Kier molecular flexibility index (Phi) is 3.71. The minimum Gasteiger partial charge on any atom is -0.455 e. The summed E-state index contributed by atoms with van der Waals surface area (Å²) in [6.07, 6.45) is -4.60. The zero-order valence-electron chi connectivity index (χ0n) is 8.04. The predicted molar refractivity (Wildman–Crippen MR) is 46.4 cm³/mol. The van der Waals surface area contributed by atoms with Crippen LogP contribution < -0.4 is 5.32 Å². The van der Waals surface area contributed by atoms with E-state index in [1.165, 1.54) is 0 Å². The number of nitrogens with one attached hydrogen (secondary N) is 1. The van der Waals surface area contributed by atoms with E-state index in [4.69, 9.17) is 5.26 Å². The molecule has 5 nitrogen and oxygen atoms in total. The lowest BCUT2D eigenvalue weighted by Crippen LogP contribution is -2.34. The van der Waals surface area contributed by atoms with Crippen molar-refractivity contribution in [3.63, 3.8) is 0 Å². The van der Waals surface area contributed by atoms with Crippen molar-refractivity contribution < 1.29 is 22.7 Å². The average molecular weight is 235 g/mol. The zero-order chi connectivity index (χ0) is 12.2. The Morgan fingerprint density at radius 1 is 1.69 bits per heavy atom. The summed E-state index contributed by atoms with van der Waals surface area (Å²) in [5.74, 6) is -2.59. The third-order valence-electron chi connectivity index (χ3n) is 1.72. The van der Waals surface area contributed by atoms with Crippen LogP contribution in [0.15, 0.2) is 4.99 Å². The number of carbonyl (C=O) groups excluding carboxylic acids is 1. The van der Waals surface area contributed by atoms with Crippen LogP contribution in [-0.4, -0.2) is 37.7 Å². The number of carbonyl (C=O) groups is 1. The van der Waals surface area contributed by atoms with Crippen LogP contribution in [0.4, 0.5) is 13.2 Å². The molecule has 0 amide bonds. The van der Waals surface area contributed by atoms with Gasteiger partial charge in [0.05, 0.1) is 12.6 Å². The number of nitrogens with zero attached hydrogens (tertiary/aromatic N) is 2. The smallest absolute Gasteiger partial charge is 0.422 e. The molecular formula is C8H8F3N3O2. The van der Waals surface area contributed by atoms with Crippen molar-refractivity contribution in [1.29, 1.82) is 5.26 Å². The topological polar surface area (TPSA) is 74.5 Å². The van der Waals surface area contributed by atoms with E-state index in [2.05, 4.69) is 15.0 Å². The fourth-order valence-corrected chi connectivity index (χ4v) is 1.07. The minimum atomic E-state index is -4.60. The molecule has 1 atom stereocenters. The quantitative estimate of drug-likeness (QED) is 0.711. The van der Waals surface area contributed by atoms with Gasteiger partial charge < -0.3 is 10.1 Å². The largest absolute Gasteiger partial charge is 0.455 e. The van der Waals surface area contributed by atoms with Gasteiger partial charge in [-0.1, -0.05) is 0 Å². The van der Waals surface area contributed by atoms with Crippen LogP contribution in [0.2, 0.25) is 0 Å². The van der Waals surface area contributed by atoms with Crippen LogP contribution in [0.3, 0.4) is 0 Å². The second kappa shape index (κ2) is 4.83. The summed E-state index contributed by atoms with van der Waals surface area (Å²) in [4.78, 5) is 14.9. The monoisotopic (exact) mass is 235 g/mol. The molecule has 1 rings (SSSR count). The molecule has 0 aromatic rings. The maximum Gasteiger partial charge on any atom is 0.422 e. The van der Waals surface area contributed by atoms with Crippen LogP contribution in [0.1, 0.15) is 0 Å². The minimum absolute atomic E-state index is 0.0645. The molecule has 0 radical (unpaired) electrons. The number of hydrogen-bond donors (Lipinski definition) is 1. The lowest BCUT2D eigenvalue weighted by molar-refractivity contribution is -0.186. The van der Waals surface area contributed by atoms with Crippen molar-refractivity contribution >= 4 is 11.8 Å². The van der Waals surface area contributed by atoms with Crippen molar-refractivity contribution in [3.8, 4) is 6.07 Å². The van der Waals surface area contributed by atoms with Gasteiger partial charge in [0.25, 0.3) is 0 Å². The SMILES string of the molecule is N#CC(C(=O)OCC(F)(F)F)C1=NCCN1. The van der Waals surface area contributed by atoms with Crippen molar-refractivity contribution in [2.45, 2.75) is 6.18 Å². The fraction of sp³-hybridized carbons (Fsp3) is 0.625. The third-order valence-corrected chi connectivity index (χ3v) is 1.72. The van der Waals surface area contributed by atoms with E-state index in [9.17, 15) is 18.0 Å². The van der Waals surface area contributed by atoms with Gasteiger partial charge in [-0.15, -0.1) is 0 Å². The Morgan fingerprint density at radius 3 is 2.81 bits per heavy atom. The molecule has 1 aliphatic heterocycles.